The number of fused-ring (bicyclic) bond motifs is 1. The molecule has 3 aromatic heterocycles. The van der Waals surface area contributed by atoms with Gasteiger partial charge in [0.2, 0.25) is 0 Å². The first kappa shape index (κ1) is 18.6. The summed E-state index contributed by atoms with van der Waals surface area (Å²) >= 11 is 0. The molecule has 1 aromatic carbocycles. The maximum atomic E-state index is 12.1. The molecule has 0 aliphatic rings. The van der Waals surface area contributed by atoms with E-state index < -0.39 is 0 Å². The number of benzene rings is 1. The van der Waals surface area contributed by atoms with Crippen LogP contribution < -0.4 is 16.0 Å². The van der Waals surface area contributed by atoms with Crippen molar-refractivity contribution < 1.29 is 4.79 Å². The lowest BCUT2D eigenvalue weighted by molar-refractivity contribution is 0.251. The van der Waals surface area contributed by atoms with Gasteiger partial charge in [0, 0.05) is 55.8 Å². The molecule has 4 aromatic rings. The highest BCUT2D eigenvalue weighted by atomic mass is 16.2. The van der Waals surface area contributed by atoms with E-state index >= 15 is 0 Å². The molecule has 0 fully saturated rings. The van der Waals surface area contributed by atoms with Crippen molar-refractivity contribution in [3.05, 3.63) is 96.2 Å². The van der Waals surface area contributed by atoms with E-state index in [1.54, 1.807) is 18.6 Å². The van der Waals surface area contributed by atoms with Crippen LogP contribution in [-0.4, -0.2) is 20.4 Å². The van der Waals surface area contributed by atoms with Gasteiger partial charge in [-0.15, -0.1) is 0 Å². The van der Waals surface area contributed by atoms with E-state index in [9.17, 15) is 4.79 Å². The van der Waals surface area contributed by atoms with Crippen molar-refractivity contribution >= 4 is 17.4 Å². The summed E-state index contributed by atoms with van der Waals surface area (Å²) in [6.07, 6.45) is 7.17. The van der Waals surface area contributed by atoms with Crippen LogP contribution in [0.25, 0.3) is 5.65 Å². The topological polar surface area (TPSA) is 83.3 Å². The molecule has 146 valence electrons. The molecule has 0 unspecified atom stereocenters. The minimum atomic E-state index is -0.237. The molecule has 7 nitrogen and oxygen atoms in total. The Kier molecular flexibility index (Phi) is 5.78. The highest BCUT2D eigenvalue weighted by molar-refractivity contribution is 5.89. The first-order valence-electron chi connectivity index (χ1n) is 9.42. The zero-order chi connectivity index (χ0) is 19.9. The Bertz CT molecular complexity index is 1090. The van der Waals surface area contributed by atoms with Gasteiger partial charge >= 0.3 is 6.03 Å². The van der Waals surface area contributed by atoms with Gasteiger partial charge in [0.05, 0.1) is 0 Å². The summed E-state index contributed by atoms with van der Waals surface area (Å²) in [4.78, 5) is 20.4. The van der Waals surface area contributed by atoms with Crippen molar-refractivity contribution in [1.82, 2.24) is 25.0 Å². The lowest BCUT2D eigenvalue weighted by atomic mass is 10.2. The monoisotopic (exact) mass is 386 g/mol. The third-order valence-corrected chi connectivity index (χ3v) is 4.54. The number of aromatic nitrogens is 3. The van der Waals surface area contributed by atoms with Crippen molar-refractivity contribution in [2.24, 2.45) is 0 Å². The minimum Gasteiger partial charge on any atom is -0.334 e. The van der Waals surface area contributed by atoms with Gasteiger partial charge in [-0.1, -0.05) is 18.2 Å². The second kappa shape index (κ2) is 8.99. The third-order valence-electron chi connectivity index (χ3n) is 4.54. The number of pyridine rings is 2. The lowest BCUT2D eigenvalue weighted by Crippen LogP contribution is -2.28. The fourth-order valence-corrected chi connectivity index (χ4v) is 3.10. The van der Waals surface area contributed by atoms with Crippen LogP contribution in [0, 0.1) is 0 Å². The van der Waals surface area contributed by atoms with Gasteiger partial charge < -0.3 is 20.4 Å². The summed E-state index contributed by atoms with van der Waals surface area (Å²) in [5, 5.41) is 9.16. The number of hydrogen-bond acceptors (Lipinski definition) is 4. The maximum Gasteiger partial charge on any atom is 0.319 e. The molecule has 0 bridgehead atoms. The Hall–Kier alpha value is -3.71. The van der Waals surface area contributed by atoms with Crippen molar-refractivity contribution in [3.63, 3.8) is 0 Å². The van der Waals surface area contributed by atoms with Gasteiger partial charge in [-0.2, -0.15) is 0 Å². The molecule has 0 saturated heterocycles. The number of anilines is 1. The number of carbonyl (C=O) groups is 1. The number of amides is 2. The van der Waals surface area contributed by atoms with Gasteiger partial charge in [0.25, 0.3) is 0 Å². The zero-order valence-corrected chi connectivity index (χ0v) is 15.9. The Morgan fingerprint density at radius 2 is 1.76 bits per heavy atom. The number of rotatable bonds is 7. The number of imidazole rings is 1. The maximum absolute atomic E-state index is 12.1. The van der Waals surface area contributed by atoms with Crippen LogP contribution in [0.1, 0.15) is 16.8 Å². The molecule has 0 spiro atoms. The minimum absolute atomic E-state index is 0.237. The molecule has 29 heavy (non-hydrogen) atoms. The summed E-state index contributed by atoms with van der Waals surface area (Å²) in [5.41, 5.74) is 4.93. The van der Waals surface area contributed by atoms with Gasteiger partial charge in [0.15, 0.2) is 0 Å². The second-order valence-electron chi connectivity index (χ2n) is 6.64. The predicted octanol–water partition coefficient (Wildman–Crippen LogP) is 3.34. The van der Waals surface area contributed by atoms with Crippen LogP contribution in [-0.2, 0) is 19.6 Å². The van der Waals surface area contributed by atoms with Crippen molar-refractivity contribution in [2.75, 3.05) is 5.32 Å². The predicted molar refractivity (Wildman–Crippen MR) is 112 cm³/mol. The van der Waals surface area contributed by atoms with Gasteiger partial charge in [-0.05, 0) is 47.5 Å². The van der Waals surface area contributed by atoms with Gasteiger partial charge in [0.1, 0.15) is 5.65 Å². The molecule has 7 heteroatoms. The standard InChI is InChI=1S/C22H22N6O/c29-22(26-15-17-7-9-23-10-8-17)27-19-4-1-3-18(13-19)14-24-16-20-5-2-6-21-25-11-12-28(20)21/h1-13,24H,14-16H2,(H2,26,27,29). The highest BCUT2D eigenvalue weighted by Crippen LogP contribution is 2.11. The Morgan fingerprint density at radius 1 is 0.897 bits per heavy atom. The molecule has 0 aliphatic heterocycles. The largest absolute Gasteiger partial charge is 0.334 e. The fraction of sp³-hybridized carbons (Fsp3) is 0.136. The zero-order valence-electron chi connectivity index (χ0n) is 15.9. The molecular weight excluding hydrogens is 364 g/mol. The molecule has 4 rings (SSSR count). The molecule has 0 aliphatic carbocycles. The number of carbonyl (C=O) groups excluding carboxylic acids is 1. The van der Waals surface area contributed by atoms with Crippen LogP contribution in [0.5, 0.6) is 0 Å². The molecule has 0 atom stereocenters. The van der Waals surface area contributed by atoms with Crippen LogP contribution in [0.3, 0.4) is 0 Å². The van der Waals surface area contributed by atoms with E-state index in [1.165, 1.54) is 0 Å². The number of nitrogens with one attached hydrogen (secondary N) is 3. The first-order valence-corrected chi connectivity index (χ1v) is 9.42. The first-order chi connectivity index (χ1) is 14.3. The van der Waals surface area contributed by atoms with E-state index in [1.807, 2.05) is 54.7 Å². The van der Waals surface area contributed by atoms with E-state index in [0.29, 0.717) is 13.1 Å². The summed E-state index contributed by atoms with van der Waals surface area (Å²) in [7, 11) is 0. The van der Waals surface area contributed by atoms with E-state index in [4.69, 9.17) is 0 Å². The van der Waals surface area contributed by atoms with Crippen LogP contribution in [0.15, 0.2) is 79.4 Å². The SMILES string of the molecule is O=C(NCc1ccncc1)Nc1cccc(CNCc2cccc3nccn23)c1. The van der Waals surface area contributed by atoms with Crippen LogP contribution in [0.2, 0.25) is 0 Å². The summed E-state index contributed by atoms with van der Waals surface area (Å²) < 4.78 is 2.07. The van der Waals surface area contributed by atoms with E-state index in [0.717, 1.165) is 34.7 Å². The van der Waals surface area contributed by atoms with Crippen molar-refractivity contribution in [3.8, 4) is 0 Å². The highest BCUT2D eigenvalue weighted by Gasteiger charge is 2.04. The van der Waals surface area contributed by atoms with Crippen LogP contribution >= 0.6 is 0 Å². The Morgan fingerprint density at radius 3 is 2.66 bits per heavy atom. The van der Waals surface area contributed by atoms with Crippen molar-refractivity contribution in [2.45, 2.75) is 19.6 Å². The molecule has 2 amide bonds. The summed E-state index contributed by atoms with van der Waals surface area (Å²) in [6.45, 7) is 1.87. The summed E-state index contributed by atoms with van der Waals surface area (Å²) in [6, 6.07) is 17.4. The third kappa shape index (κ3) is 4.97. The van der Waals surface area contributed by atoms with E-state index in [-0.39, 0.29) is 6.03 Å². The lowest BCUT2D eigenvalue weighted by Gasteiger charge is -2.10. The molecule has 0 saturated carbocycles. The second-order valence-corrected chi connectivity index (χ2v) is 6.64. The molecule has 0 radical (unpaired) electrons. The Balaban J connectivity index is 1.29. The molecular formula is C22H22N6O. The normalized spacial score (nSPS) is 10.8. The van der Waals surface area contributed by atoms with Gasteiger partial charge in [-0.25, -0.2) is 9.78 Å². The average molecular weight is 386 g/mol. The smallest absolute Gasteiger partial charge is 0.319 e. The molecule has 3 heterocycles. The van der Waals surface area contributed by atoms with Gasteiger partial charge in [-0.3, -0.25) is 4.98 Å². The number of nitrogens with zero attached hydrogens (tertiary/aromatic N) is 3. The number of urea groups is 1. The fourth-order valence-electron chi connectivity index (χ4n) is 3.10. The van der Waals surface area contributed by atoms with E-state index in [2.05, 4.69) is 36.4 Å². The van der Waals surface area contributed by atoms with Crippen molar-refractivity contribution in [1.29, 1.82) is 0 Å². The molecule has 3 N–H and O–H groups in total. The van der Waals surface area contributed by atoms with Crippen LogP contribution in [0.4, 0.5) is 10.5 Å². The number of hydrogen-bond donors (Lipinski definition) is 3. The quantitative estimate of drug-likeness (QED) is 0.455. The average Bonchev–Trinajstić information content (AvgIpc) is 3.23. The Labute approximate surface area is 168 Å². The summed E-state index contributed by atoms with van der Waals surface area (Å²) in [5.74, 6) is 0.